The van der Waals surface area contributed by atoms with Gasteiger partial charge in [-0.05, 0) is 4.92 Å². The number of pyridine rings is 1. The van der Waals surface area contributed by atoms with Gasteiger partial charge in [0.2, 0.25) is 0 Å². The van der Waals surface area contributed by atoms with Crippen molar-refractivity contribution in [2.24, 2.45) is 0 Å². The number of nitrogens with zero attached hydrogens (tertiary/aromatic N) is 3. The number of nitro groups is 1. The van der Waals surface area contributed by atoms with Crippen LogP contribution in [0.1, 0.15) is 6.92 Å². The van der Waals surface area contributed by atoms with Crippen molar-refractivity contribution in [2.75, 3.05) is 12.4 Å². The van der Waals surface area contributed by atoms with Crippen LogP contribution in [-0.4, -0.2) is 67.0 Å². The van der Waals surface area contributed by atoms with Crippen molar-refractivity contribution in [2.45, 2.75) is 24.9 Å². The molecule has 0 aromatic carbocycles. The smallest absolute Gasteiger partial charge is 0.352 e. The fourth-order valence-electron chi connectivity index (χ4n) is 3.15. The van der Waals surface area contributed by atoms with E-state index in [1.54, 1.807) is 0 Å². The number of ether oxygens (including phenoxy) is 1. The van der Waals surface area contributed by atoms with E-state index in [0.29, 0.717) is 0 Å². The second-order valence-corrected chi connectivity index (χ2v) is 7.70. The number of esters is 1. The zero-order valence-corrected chi connectivity index (χ0v) is 16.8. The molecule has 1 aromatic rings. The van der Waals surface area contributed by atoms with Crippen molar-refractivity contribution in [3.05, 3.63) is 49.9 Å². The number of amides is 2. The van der Waals surface area contributed by atoms with Gasteiger partial charge >= 0.3 is 17.8 Å². The first-order chi connectivity index (χ1) is 14.6. The first-order valence-electron chi connectivity index (χ1n) is 8.77. The first kappa shape index (κ1) is 22.0. The van der Waals surface area contributed by atoms with E-state index in [2.05, 4.69) is 5.32 Å². The predicted octanol–water partition coefficient (Wildman–Crippen LogP) is -0.942. The number of carbonyl (C=O) groups excluding carboxylic acids is 3. The van der Waals surface area contributed by atoms with Gasteiger partial charge < -0.3 is 25.3 Å². The largest absolute Gasteiger partial charge is 0.477 e. The number of carbonyl (C=O) groups is 4. The van der Waals surface area contributed by atoms with Gasteiger partial charge in [0.25, 0.3) is 11.8 Å². The summed E-state index contributed by atoms with van der Waals surface area (Å²) in [5.41, 5.74) is -0.633. The Hall–Kier alpha value is -3.68. The van der Waals surface area contributed by atoms with Crippen molar-refractivity contribution < 1.29 is 33.9 Å². The summed E-state index contributed by atoms with van der Waals surface area (Å²) in [6.07, 6.45) is 1.09. The second kappa shape index (κ2) is 8.59. The minimum atomic E-state index is -1.37. The molecule has 2 aliphatic heterocycles. The maximum absolute atomic E-state index is 12.5. The van der Waals surface area contributed by atoms with Crippen LogP contribution in [0.3, 0.4) is 0 Å². The summed E-state index contributed by atoms with van der Waals surface area (Å²) >= 11 is 1.19. The quantitative estimate of drug-likeness (QED) is 0.227. The zero-order valence-electron chi connectivity index (χ0n) is 16.0. The molecule has 164 valence electrons. The van der Waals surface area contributed by atoms with Crippen LogP contribution >= 0.6 is 11.8 Å². The summed E-state index contributed by atoms with van der Waals surface area (Å²) < 4.78 is 5.79. The fourth-order valence-corrected chi connectivity index (χ4v) is 4.47. The molecule has 2 aliphatic rings. The molecule has 31 heavy (non-hydrogen) atoms. The molecule has 0 unspecified atom stereocenters. The van der Waals surface area contributed by atoms with Crippen molar-refractivity contribution in [1.82, 2.24) is 14.8 Å². The summed E-state index contributed by atoms with van der Waals surface area (Å²) in [4.78, 5) is 70.1. The Morgan fingerprint density at radius 3 is 2.71 bits per heavy atom. The van der Waals surface area contributed by atoms with E-state index < -0.39 is 57.9 Å². The van der Waals surface area contributed by atoms with Gasteiger partial charge in [0.15, 0.2) is 12.0 Å². The minimum absolute atomic E-state index is 0.168. The highest BCUT2D eigenvalue weighted by Gasteiger charge is 2.54. The average molecular weight is 452 g/mol. The molecule has 1 fully saturated rings. The highest BCUT2D eigenvalue weighted by Crippen LogP contribution is 2.40. The lowest BCUT2D eigenvalue weighted by molar-refractivity contribution is -0.392. The van der Waals surface area contributed by atoms with Gasteiger partial charge in [-0.2, -0.15) is 0 Å². The van der Waals surface area contributed by atoms with E-state index in [1.807, 2.05) is 0 Å². The summed E-state index contributed by atoms with van der Waals surface area (Å²) in [5.74, 6) is -3.77. The van der Waals surface area contributed by atoms with Crippen LogP contribution in [0.5, 0.6) is 0 Å². The van der Waals surface area contributed by atoms with Crippen molar-refractivity contribution in [3.8, 4) is 0 Å². The van der Waals surface area contributed by atoms with Crippen LogP contribution in [0.2, 0.25) is 0 Å². The molecular weight excluding hydrogens is 436 g/mol. The Labute approximate surface area is 177 Å². The standard InChI is InChI=1S/C17H16N4O9S/c1-8(22)30-6-9-7-31-16-13(15(25)20(16)14(9)17(26)27)18-11(24)5-19-3-2-10(23)4-12(19)21(28)29/h2-4,13,16H,5-7H2,1H3,(H,18,24)(H,26,27)/t13-,16-/m1/s1. The number of aliphatic carboxylic acids is 1. The van der Waals surface area contributed by atoms with Crippen molar-refractivity contribution >= 4 is 41.3 Å². The normalized spacial score (nSPS) is 19.9. The highest BCUT2D eigenvalue weighted by atomic mass is 32.2. The van der Waals surface area contributed by atoms with Crippen LogP contribution < -0.4 is 10.7 Å². The van der Waals surface area contributed by atoms with E-state index >= 15 is 0 Å². The molecule has 2 N–H and O–H groups in total. The summed E-state index contributed by atoms with van der Waals surface area (Å²) in [6.45, 7) is 0.387. The molecule has 1 aromatic heterocycles. The molecular formula is C17H16N4O9S. The van der Waals surface area contributed by atoms with E-state index in [9.17, 15) is 39.2 Å². The van der Waals surface area contributed by atoms with Crippen LogP contribution in [-0.2, 0) is 30.5 Å². The zero-order chi connectivity index (χ0) is 22.9. The molecule has 3 heterocycles. The number of carboxylic acid groups (broad SMARTS) is 1. The number of nitrogens with one attached hydrogen (secondary N) is 1. The fraction of sp³-hybridized carbons (Fsp3) is 0.353. The van der Waals surface area contributed by atoms with Gasteiger partial charge in [-0.3, -0.25) is 24.1 Å². The summed E-state index contributed by atoms with van der Waals surface area (Å²) in [6, 6.07) is 0.803. The highest BCUT2D eigenvalue weighted by molar-refractivity contribution is 8.00. The molecule has 14 heteroatoms. The average Bonchev–Trinajstić information content (AvgIpc) is 2.70. The monoisotopic (exact) mass is 452 g/mol. The Morgan fingerprint density at radius 1 is 1.39 bits per heavy atom. The molecule has 0 saturated carbocycles. The van der Waals surface area contributed by atoms with E-state index in [-0.39, 0.29) is 23.6 Å². The number of thioether (sulfide) groups is 1. The van der Waals surface area contributed by atoms with Gasteiger partial charge in [-0.1, -0.05) is 0 Å². The Morgan fingerprint density at radius 2 is 2.10 bits per heavy atom. The maximum Gasteiger partial charge on any atom is 0.352 e. The molecule has 2 atom stereocenters. The number of aromatic nitrogens is 1. The first-order valence-corrected chi connectivity index (χ1v) is 9.82. The van der Waals surface area contributed by atoms with Crippen LogP contribution in [0.15, 0.2) is 34.4 Å². The van der Waals surface area contributed by atoms with Gasteiger partial charge in [0.1, 0.15) is 23.7 Å². The van der Waals surface area contributed by atoms with Crippen molar-refractivity contribution in [3.63, 3.8) is 0 Å². The predicted molar refractivity (Wildman–Crippen MR) is 104 cm³/mol. The topological polar surface area (TPSA) is 178 Å². The van der Waals surface area contributed by atoms with E-state index in [1.165, 1.54) is 18.7 Å². The number of β-lactam (4-membered cyclic amide) rings is 1. The molecule has 0 aliphatic carbocycles. The van der Waals surface area contributed by atoms with Crippen LogP contribution in [0, 0.1) is 10.1 Å². The summed E-state index contributed by atoms with van der Waals surface area (Å²) in [7, 11) is 0. The van der Waals surface area contributed by atoms with Gasteiger partial charge in [-0.25, -0.2) is 9.36 Å². The Bertz CT molecular complexity index is 1080. The lowest BCUT2D eigenvalue weighted by Crippen LogP contribution is -2.70. The Balaban J connectivity index is 1.72. The maximum atomic E-state index is 12.5. The molecule has 1 saturated heterocycles. The van der Waals surface area contributed by atoms with E-state index in [0.717, 1.165) is 27.8 Å². The third-order valence-corrected chi connectivity index (χ3v) is 5.84. The minimum Gasteiger partial charge on any atom is -0.477 e. The SMILES string of the molecule is CC(=O)OCC1=C(C(=O)O)N2C(=O)[C@@H](NC(=O)Cn3ccc(=O)cc3[N+](=O)[O-])[C@H]2SC1. The van der Waals surface area contributed by atoms with Crippen LogP contribution in [0.4, 0.5) is 5.82 Å². The van der Waals surface area contributed by atoms with Gasteiger partial charge in [-0.15, -0.1) is 11.8 Å². The number of fused-ring (bicyclic) bond motifs is 1. The molecule has 3 rings (SSSR count). The lowest BCUT2D eigenvalue weighted by atomic mass is 10.0. The molecule has 2 amide bonds. The lowest BCUT2D eigenvalue weighted by Gasteiger charge is -2.49. The molecule has 0 bridgehead atoms. The number of carboxylic acids is 1. The van der Waals surface area contributed by atoms with Crippen molar-refractivity contribution in [1.29, 1.82) is 0 Å². The second-order valence-electron chi connectivity index (χ2n) is 6.60. The Kier molecular flexibility index (Phi) is 6.10. The third kappa shape index (κ3) is 4.42. The summed E-state index contributed by atoms with van der Waals surface area (Å²) in [5, 5.41) is 22.3. The number of hydrogen-bond donors (Lipinski definition) is 2. The number of hydrogen-bond acceptors (Lipinski definition) is 9. The van der Waals surface area contributed by atoms with Crippen LogP contribution in [0.25, 0.3) is 0 Å². The number of rotatable bonds is 7. The molecule has 13 nitrogen and oxygen atoms in total. The molecule has 0 spiro atoms. The van der Waals surface area contributed by atoms with Gasteiger partial charge in [0, 0.05) is 24.3 Å². The van der Waals surface area contributed by atoms with E-state index in [4.69, 9.17) is 4.74 Å². The third-order valence-electron chi connectivity index (χ3n) is 4.50. The van der Waals surface area contributed by atoms with Gasteiger partial charge in [0.05, 0.1) is 12.3 Å². The molecule has 0 radical (unpaired) electrons.